The summed E-state index contributed by atoms with van der Waals surface area (Å²) in [5, 5.41) is 4.10. The molecule has 0 bridgehead atoms. The maximum Gasteiger partial charge on any atom is 0.337 e. The predicted octanol–water partition coefficient (Wildman–Crippen LogP) is 4.14. The third kappa shape index (κ3) is 5.87. The fourth-order valence-corrected chi connectivity index (χ4v) is 4.35. The van der Waals surface area contributed by atoms with Crippen molar-refractivity contribution in [1.82, 2.24) is 10.2 Å². The van der Waals surface area contributed by atoms with Gasteiger partial charge in [0.15, 0.2) is 16.6 Å². The molecule has 7 nitrogen and oxygen atoms in total. The van der Waals surface area contributed by atoms with E-state index in [-0.39, 0.29) is 17.6 Å². The number of benzene rings is 2. The SMILES string of the molecule is COC(=O)c1ccc(OCC2c3cc(OC)c(OC)cc3CCN2C(=S)NC(C)(C)C)cc1. The van der Waals surface area contributed by atoms with E-state index in [9.17, 15) is 4.79 Å². The van der Waals surface area contributed by atoms with E-state index in [1.165, 1.54) is 12.7 Å². The number of fused-ring (bicyclic) bond motifs is 1. The van der Waals surface area contributed by atoms with Crippen molar-refractivity contribution in [2.24, 2.45) is 0 Å². The Morgan fingerprint density at radius 1 is 1.09 bits per heavy atom. The number of ether oxygens (including phenoxy) is 4. The highest BCUT2D eigenvalue weighted by Gasteiger charge is 2.32. The molecule has 1 aliphatic heterocycles. The van der Waals surface area contributed by atoms with Crippen LogP contribution in [0.3, 0.4) is 0 Å². The lowest BCUT2D eigenvalue weighted by Crippen LogP contribution is -2.52. The van der Waals surface area contributed by atoms with Crippen LogP contribution in [0.15, 0.2) is 36.4 Å². The van der Waals surface area contributed by atoms with Gasteiger partial charge in [0, 0.05) is 12.1 Å². The van der Waals surface area contributed by atoms with Gasteiger partial charge in [-0.2, -0.15) is 0 Å². The second-order valence-electron chi connectivity index (χ2n) is 8.87. The molecule has 3 rings (SSSR count). The molecule has 178 valence electrons. The third-order valence-corrected chi connectivity index (χ3v) is 5.77. The minimum Gasteiger partial charge on any atom is -0.493 e. The van der Waals surface area contributed by atoms with Crippen LogP contribution in [0.25, 0.3) is 0 Å². The first-order valence-corrected chi connectivity index (χ1v) is 11.2. The van der Waals surface area contributed by atoms with Crippen molar-refractivity contribution >= 4 is 23.3 Å². The van der Waals surface area contributed by atoms with E-state index in [4.69, 9.17) is 31.2 Å². The molecule has 1 unspecified atom stereocenters. The van der Waals surface area contributed by atoms with Crippen LogP contribution in [-0.2, 0) is 11.2 Å². The average molecular weight is 473 g/mol. The summed E-state index contributed by atoms with van der Waals surface area (Å²) in [4.78, 5) is 13.9. The maximum absolute atomic E-state index is 11.7. The standard InChI is InChI=1S/C25H32N2O5S/c1-25(2,3)26-24(33)27-12-11-17-13-21(29-4)22(30-5)14-19(17)20(27)15-32-18-9-7-16(8-10-18)23(28)31-6/h7-10,13-14,20H,11-12,15H2,1-6H3,(H,26,33). The number of thiocarbonyl (C=S) groups is 1. The van der Waals surface area contributed by atoms with Crippen LogP contribution in [0.2, 0.25) is 0 Å². The molecule has 33 heavy (non-hydrogen) atoms. The zero-order valence-electron chi connectivity index (χ0n) is 20.1. The normalized spacial score (nSPS) is 15.3. The molecule has 1 heterocycles. The van der Waals surface area contributed by atoms with E-state index < -0.39 is 0 Å². The molecule has 0 saturated carbocycles. The predicted molar refractivity (Wildman–Crippen MR) is 131 cm³/mol. The first-order chi connectivity index (χ1) is 15.7. The van der Waals surface area contributed by atoms with Gasteiger partial charge in [0.25, 0.3) is 0 Å². The van der Waals surface area contributed by atoms with E-state index in [1.54, 1.807) is 38.5 Å². The van der Waals surface area contributed by atoms with Crippen molar-refractivity contribution in [3.8, 4) is 17.2 Å². The second-order valence-corrected chi connectivity index (χ2v) is 9.26. The molecule has 1 aliphatic rings. The van der Waals surface area contributed by atoms with Crippen molar-refractivity contribution in [2.45, 2.75) is 38.8 Å². The number of hydrogen-bond donors (Lipinski definition) is 1. The first-order valence-electron chi connectivity index (χ1n) is 10.8. The van der Waals surface area contributed by atoms with Crippen molar-refractivity contribution in [1.29, 1.82) is 0 Å². The number of methoxy groups -OCH3 is 3. The van der Waals surface area contributed by atoms with E-state index in [0.717, 1.165) is 18.5 Å². The number of carbonyl (C=O) groups excluding carboxylic acids is 1. The molecule has 0 spiro atoms. The van der Waals surface area contributed by atoms with Crippen LogP contribution in [0, 0.1) is 0 Å². The summed E-state index contributed by atoms with van der Waals surface area (Å²) in [5.41, 5.74) is 2.58. The summed E-state index contributed by atoms with van der Waals surface area (Å²) in [5.74, 6) is 1.65. The summed E-state index contributed by atoms with van der Waals surface area (Å²) in [6.07, 6.45) is 0.825. The van der Waals surface area contributed by atoms with Gasteiger partial charge in [0.1, 0.15) is 12.4 Å². The first kappa shape index (κ1) is 24.6. The van der Waals surface area contributed by atoms with Crippen LogP contribution < -0.4 is 19.5 Å². The van der Waals surface area contributed by atoms with E-state index in [2.05, 4.69) is 31.0 Å². The number of hydrogen-bond acceptors (Lipinski definition) is 6. The summed E-state index contributed by atoms with van der Waals surface area (Å²) in [7, 11) is 4.63. The lowest BCUT2D eigenvalue weighted by molar-refractivity contribution is 0.0600. The highest BCUT2D eigenvalue weighted by molar-refractivity contribution is 7.80. The Labute approximate surface area is 201 Å². The van der Waals surface area contributed by atoms with Crippen molar-refractivity contribution in [3.05, 3.63) is 53.1 Å². The van der Waals surface area contributed by atoms with Gasteiger partial charge < -0.3 is 29.2 Å². The molecular weight excluding hydrogens is 440 g/mol. The maximum atomic E-state index is 11.7. The fourth-order valence-electron chi connectivity index (χ4n) is 3.82. The Hall–Kier alpha value is -3.00. The van der Waals surface area contributed by atoms with Gasteiger partial charge >= 0.3 is 5.97 Å². The van der Waals surface area contributed by atoms with E-state index in [1.807, 2.05) is 12.1 Å². The Morgan fingerprint density at radius 2 is 1.73 bits per heavy atom. The van der Waals surface area contributed by atoms with Crippen molar-refractivity contribution < 1.29 is 23.7 Å². The summed E-state index contributed by atoms with van der Waals surface area (Å²) >= 11 is 5.78. The minimum atomic E-state index is -0.381. The Balaban J connectivity index is 1.90. The zero-order valence-corrected chi connectivity index (χ0v) is 20.9. The number of carbonyl (C=O) groups is 1. The van der Waals surface area contributed by atoms with Crippen LogP contribution >= 0.6 is 12.2 Å². The van der Waals surface area contributed by atoms with Gasteiger partial charge in [0.2, 0.25) is 0 Å². The molecule has 8 heteroatoms. The molecule has 2 aromatic carbocycles. The largest absolute Gasteiger partial charge is 0.493 e. The zero-order chi connectivity index (χ0) is 24.2. The highest BCUT2D eigenvalue weighted by atomic mass is 32.1. The number of rotatable bonds is 6. The molecule has 0 aliphatic carbocycles. The molecule has 0 aromatic heterocycles. The smallest absolute Gasteiger partial charge is 0.337 e. The van der Waals surface area contributed by atoms with Gasteiger partial charge in [-0.3, -0.25) is 0 Å². The molecule has 0 amide bonds. The summed E-state index contributed by atoms with van der Waals surface area (Å²) in [6, 6.07) is 10.8. The highest BCUT2D eigenvalue weighted by Crippen LogP contribution is 2.38. The molecule has 0 radical (unpaired) electrons. The van der Waals surface area contributed by atoms with Crippen molar-refractivity contribution in [3.63, 3.8) is 0 Å². The number of esters is 1. The van der Waals surface area contributed by atoms with Crippen LogP contribution in [-0.4, -0.2) is 56.0 Å². The topological polar surface area (TPSA) is 69.3 Å². The number of nitrogens with zero attached hydrogens (tertiary/aromatic N) is 1. The molecule has 1 atom stereocenters. The van der Waals surface area contributed by atoms with Crippen LogP contribution in [0.4, 0.5) is 0 Å². The van der Waals surface area contributed by atoms with Gasteiger partial charge in [0.05, 0.1) is 32.9 Å². The van der Waals surface area contributed by atoms with Gasteiger partial charge in [-0.05, 0) is 86.9 Å². The van der Waals surface area contributed by atoms with Gasteiger partial charge in [-0.1, -0.05) is 0 Å². The lowest BCUT2D eigenvalue weighted by atomic mass is 9.92. The number of nitrogens with one attached hydrogen (secondary N) is 1. The molecule has 1 N–H and O–H groups in total. The summed E-state index contributed by atoms with van der Waals surface area (Å²) in [6.45, 7) is 7.37. The van der Waals surface area contributed by atoms with Crippen LogP contribution in [0.5, 0.6) is 17.2 Å². The monoisotopic (exact) mass is 472 g/mol. The molecule has 2 aromatic rings. The molecule has 0 saturated heterocycles. The Morgan fingerprint density at radius 3 is 2.30 bits per heavy atom. The van der Waals surface area contributed by atoms with Crippen molar-refractivity contribution in [2.75, 3.05) is 34.5 Å². The van der Waals surface area contributed by atoms with Crippen LogP contribution in [0.1, 0.15) is 48.3 Å². The quantitative estimate of drug-likeness (QED) is 0.497. The van der Waals surface area contributed by atoms with Gasteiger partial charge in [-0.25, -0.2) is 4.79 Å². The lowest BCUT2D eigenvalue weighted by Gasteiger charge is -2.41. The Kier molecular flexibility index (Phi) is 7.68. The van der Waals surface area contributed by atoms with E-state index >= 15 is 0 Å². The third-order valence-electron chi connectivity index (χ3n) is 5.43. The average Bonchev–Trinajstić information content (AvgIpc) is 2.80. The fraction of sp³-hybridized carbons (Fsp3) is 0.440. The Bertz CT molecular complexity index is 1000. The molecular formula is C25H32N2O5S. The summed E-state index contributed by atoms with van der Waals surface area (Å²) < 4.78 is 22.0. The molecule has 0 fully saturated rings. The van der Waals surface area contributed by atoms with Gasteiger partial charge in [-0.15, -0.1) is 0 Å². The van der Waals surface area contributed by atoms with E-state index in [0.29, 0.717) is 34.5 Å². The second kappa shape index (κ2) is 10.3. The minimum absolute atomic E-state index is 0.129.